The summed E-state index contributed by atoms with van der Waals surface area (Å²) >= 11 is 0. The number of rotatable bonds is 3. The van der Waals surface area contributed by atoms with Crippen LogP contribution in [0.5, 0.6) is 0 Å². The third-order valence-electron chi connectivity index (χ3n) is 3.03. The molecule has 1 aromatic heterocycles. The summed E-state index contributed by atoms with van der Waals surface area (Å²) in [5, 5.41) is 18.0. The molecular weight excluding hydrogens is 248 g/mol. The van der Waals surface area contributed by atoms with E-state index in [1.54, 1.807) is 6.07 Å². The number of hydrogen-bond acceptors (Lipinski definition) is 4. The van der Waals surface area contributed by atoms with Crippen LogP contribution < -0.4 is 0 Å². The molecule has 0 N–H and O–H groups in total. The number of hydrogen-bond donors (Lipinski definition) is 0. The highest BCUT2D eigenvalue weighted by Gasteiger charge is 2.07. The average Bonchev–Trinajstić information content (AvgIpc) is 2.47. The third-order valence-corrected chi connectivity index (χ3v) is 3.03. The first-order valence-electron chi connectivity index (χ1n) is 6.47. The SMILES string of the molecule is CCCc1cc(-c2ccc(C#N)c(C)c2)nc(C#N)n1. The molecule has 1 aromatic carbocycles. The predicted molar refractivity (Wildman–Crippen MR) is 75.6 cm³/mol. The van der Waals surface area contributed by atoms with Gasteiger partial charge in [-0.15, -0.1) is 0 Å². The highest BCUT2D eigenvalue weighted by Crippen LogP contribution is 2.21. The molecule has 4 nitrogen and oxygen atoms in total. The van der Waals surface area contributed by atoms with Crippen molar-refractivity contribution >= 4 is 0 Å². The molecule has 0 spiro atoms. The largest absolute Gasteiger partial charge is 0.232 e. The smallest absolute Gasteiger partial charge is 0.224 e. The molecule has 20 heavy (non-hydrogen) atoms. The summed E-state index contributed by atoms with van der Waals surface area (Å²) in [6.07, 6.45) is 1.78. The van der Waals surface area contributed by atoms with Gasteiger partial charge in [-0.2, -0.15) is 10.5 Å². The van der Waals surface area contributed by atoms with Crippen molar-refractivity contribution in [2.24, 2.45) is 0 Å². The molecule has 0 aliphatic heterocycles. The van der Waals surface area contributed by atoms with Crippen LogP contribution >= 0.6 is 0 Å². The fourth-order valence-electron chi connectivity index (χ4n) is 2.03. The molecule has 0 amide bonds. The monoisotopic (exact) mass is 262 g/mol. The van der Waals surface area contributed by atoms with Crippen LogP contribution in [0, 0.1) is 29.6 Å². The Kier molecular flexibility index (Phi) is 4.08. The van der Waals surface area contributed by atoms with Crippen molar-refractivity contribution < 1.29 is 0 Å². The summed E-state index contributed by atoms with van der Waals surface area (Å²) in [5.74, 6) is 0.188. The summed E-state index contributed by atoms with van der Waals surface area (Å²) in [6, 6.07) is 11.6. The summed E-state index contributed by atoms with van der Waals surface area (Å²) in [6.45, 7) is 3.96. The standard InChI is InChI=1S/C16H14N4/c1-3-4-14-8-15(20-16(10-18)19-14)12-5-6-13(9-17)11(2)7-12/h5-8H,3-4H2,1-2H3. The lowest BCUT2D eigenvalue weighted by molar-refractivity contribution is 0.867. The Bertz CT molecular complexity index is 720. The van der Waals surface area contributed by atoms with Crippen molar-refractivity contribution in [3.63, 3.8) is 0 Å². The van der Waals surface area contributed by atoms with Gasteiger partial charge < -0.3 is 0 Å². The molecule has 0 saturated heterocycles. The number of benzene rings is 1. The zero-order valence-corrected chi connectivity index (χ0v) is 11.5. The first-order valence-corrected chi connectivity index (χ1v) is 6.47. The van der Waals surface area contributed by atoms with E-state index in [-0.39, 0.29) is 5.82 Å². The Balaban J connectivity index is 2.52. The molecule has 0 unspecified atom stereocenters. The number of aromatic nitrogens is 2. The zero-order valence-electron chi connectivity index (χ0n) is 11.5. The third kappa shape index (κ3) is 2.81. The second kappa shape index (κ2) is 5.95. The first-order chi connectivity index (χ1) is 9.67. The molecule has 0 atom stereocenters. The molecule has 2 aromatic rings. The summed E-state index contributed by atoms with van der Waals surface area (Å²) < 4.78 is 0. The first kappa shape index (κ1) is 13.7. The van der Waals surface area contributed by atoms with E-state index in [0.29, 0.717) is 5.56 Å². The van der Waals surface area contributed by atoms with Crippen LogP contribution in [-0.2, 0) is 6.42 Å². The van der Waals surface area contributed by atoms with Gasteiger partial charge in [0.15, 0.2) is 0 Å². The van der Waals surface area contributed by atoms with Gasteiger partial charge in [-0.1, -0.05) is 19.4 Å². The molecule has 98 valence electrons. The summed E-state index contributed by atoms with van der Waals surface area (Å²) in [7, 11) is 0. The van der Waals surface area contributed by atoms with Crippen LogP contribution in [0.1, 0.15) is 36.0 Å². The van der Waals surface area contributed by atoms with E-state index in [9.17, 15) is 0 Å². The van der Waals surface area contributed by atoms with Gasteiger partial charge in [0.2, 0.25) is 5.82 Å². The minimum atomic E-state index is 0.188. The lowest BCUT2D eigenvalue weighted by Gasteiger charge is -2.06. The van der Waals surface area contributed by atoms with Crippen molar-refractivity contribution in [3.05, 3.63) is 46.9 Å². The molecule has 0 aliphatic rings. The Labute approximate surface area is 118 Å². The lowest BCUT2D eigenvalue weighted by atomic mass is 10.0. The molecular formula is C16H14N4. The Morgan fingerprint density at radius 3 is 2.50 bits per heavy atom. The van der Waals surface area contributed by atoms with Crippen LogP contribution in [0.3, 0.4) is 0 Å². The molecule has 0 saturated carbocycles. The van der Waals surface area contributed by atoms with Crippen LogP contribution in [0.25, 0.3) is 11.3 Å². The van der Waals surface area contributed by atoms with Crippen molar-refractivity contribution in [1.82, 2.24) is 9.97 Å². The van der Waals surface area contributed by atoms with Crippen molar-refractivity contribution in [2.75, 3.05) is 0 Å². The van der Waals surface area contributed by atoms with Gasteiger partial charge >= 0.3 is 0 Å². The van der Waals surface area contributed by atoms with E-state index in [2.05, 4.69) is 23.0 Å². The second-order valence-corrected chi connectivity index (χ2v) is 4.57. The maximum absolute atomic E-state index is 9.02. The van der Waals surface area contributed by atoms with Gasteiger partial charge in [-0.3, -0.25) is 0 Å². The molecule has 0 bridgehead atoms. The van der Waals surface area contributed by atoms with Crippen LogP contribution in [0.15, 0.2) is 24.3 Å². The number of nitrogens with zero attached hydrogens (tertiary/aromatic N) is 4. The maximum Gasteiger partial charge on any atom is 0.232 e. The number of nitriles is 2. The van der Waals surface area contributed by atoms with E-state index in [1.165, 1.54) is 0 Å². The zero-order chi connectivity index (χ0) is 14.5. The molecule has 1 heterocycles. The minimum Gasteiger partial charge on any atom is -0.224 e. The van der Waals surface area contributed by atoms with Gasteiger partial charge in [0.25, 0.3) is 0 Å². The van der Waals surface area contributed by atoms with Crippen LogP contribution in [-0.4, -0.2) is 9.97 Å². The summed E-state index contributed by atoms with van der Waals surface area (Å²) in [4.78, 5) is 8.44. The number of aryl methyl sites for hydroxylation is 2. The highest BCUT2D eigenvalue weighted by molar-refractivity contribution is 5.62. The minimum absolute atomic E-state index is 0.188. The summed E-state index contributed by atoms with van der Waals surface area (Å²) in [5.41, 5.74) is 4.05. The van der Waals surface area contributed by atoms with Gasteiger partial charge in [-0.05, 0) is 37.1 Å². The molecule has 0 radical (unpaired) electrons. The Morgan fingerprint density at radius 1 is 1.10 bits per heavy atom. The average molecular weight is 262 g/mol. The van der Waals surface area contributed by atoms with Gasteiger partial charge in [-0.25, -0.2) is 9.97 Å². The van der Waals surface area contributed by atoms with Gasteiger partial charge in [0.05, 0.1) is 17.3 Å². The molecule has 0 aliphatic carbocycles. The molecule has 0 fully saturated rings. The van der Waals surface area contributed by atoms with Crippen molar-refractivity contribution in [2.45, 2.75) is 26.7 Å². The van der Waals surface area contributed by atoms with E-state index in [1.807, 2.05) is 31.2 Å². The van der Waals surface area contributed by atoms with E-state index in [4.69, 9.17) is 10.5 Å². The van der Waals surface area contributed by atoms with Gasteiger partial charge in [0.1, 0.15) is 6.07 Å². The normalized spacial score (nSPS) is 9.80. The van der Waals surface area contributed by atoms with E-state index >= 15 is 0 Å². The Morgan fingerprint density at radius 2 is 1.90 bits per heavy atom. The topological polar surface area (TPSA) is 73.4 Å². The van der Waals surface area contributed by atoms with Crippen molar-refractivity contribution in [1.29, 1.82) is 10.5 Å². The Hall–Kier alpha value is -2.72. The quantitative estimate of drug-likeness (QED) is 0.851. The fraction of sp³-hybridized carbons (Fsp3) is 0.250. The fourth-order valence-corrected chi connectivity index (χ4v) is 2.03. The predicted octanol–water partition coefficient (Wildman–Crippen LogP) is 3.15. The lowest BCUT2D eigenvalue weighted by Crippen LogP contribution is -1.98. The van der Waals surface area contributed by atoms with Gasteiger partial charge in [0, 0.05) is 11.3 Å². The van der Waals surface area contributed by atoms with E-state index in [0.717, 1.165) is 35.4 Å². The van der Waals surface area contributed by atoms with Crippen LogP contribution in [0.2, 0.25) is 0 Å². The maximum atomic E-state index is 9.02. The van der Waals surface area contributed by atoms with Crippen LogP contribution in [0.4, 0.5) is 0 Å². The molecule has 2 rings (SSSR count). The molecule has 4 heteroatoms. The highest BCUT2D eigenvalue weighted by atomic mass is 14.9. The second-order valence-electron chi connectivity index (χ2n) is 4.57. The van der Waals surface area contributed by atoms with E-state index < -0.39 is 0 Å². The van der Waals surface area contributed by atoms with Crippen molar-refractivity contribution in [3.8, 4) is 23.4 Å².